The lowest BCUT2D eigenvalue weighted by Gasteiger charge is -2.12. The van der Waals surface area contributed by atoms with E-state index in [9.17, 15) is 4.39 Å². The van der Waals surface area contributed by atoms with Crippen LogP contribution in [0.2, 0.25) is 0 Å². The number of hydrogen-bond acceptors (Lipinski definition) is 4. The fraction of sp³-hybridized carbons (Fsp3) is 0.176. The summed E-state index contributed by atoms with van der Waals surface area (Å²) >= 11 is 0. The first-order chi connectivity index (χ1) is 12.0. The molecule has 4 rings (SSSR count). The highest BCUT2D eigenvalue weighted by molar-refractivity contribution is 6.20. The molecular formula is C17H18BFN6. The molecule has 3 N–H and O–H groups in total. The molecule has 0 fully saturated rings. The third-order valence-electron chi connectivity index (χ3n) is 4.35. The van der Waals surface area contributed by atoms with Gasteiger partial charge in [0.05, 0.1) is 11.8 Å². The maximum atomic E-state index is 13.9. The zero-order chi connectivity index (χ0) is 17.7. The van der Waals surface area contributed by atoms with E-state index in [4.69, 9.17) is 10.7 Å². The minimum atomic E-state index is -0.302. The lowest BCUT2D eigenvalue weighted by atomic mass is 10.1. The first kappa shape index (κ1) is 15.7. The summed E-state index contributed by atoms with van der Waals surface area (Å²) in [6, 6.07) is 6.83. The van der Waals surface area contributed by atoms with E-state index in [1.165, 1.54) is 12.1 Å². The van der Waals surface area contributed by atoms with Crippen LogP contribution in [0.4, 0.5) is 10.2 Å². The van der Waals surface area contributed by atoms with Crippen LogP contribution < -0.4 is 10.5 Å². The maximum Gasteiger partial charge on any atom is 0.219 e. The summed E-state index contributed by atoms with van der Waals surface area (Å²) < 4.78 is 15.9. The molecule has 0 unspecified atom stereocenters. The standard InChI is InChI=1S/C17H18BFN6/c1-24-8-21-14-15(24)12-6-13(22-16(12)23-17(14)25(2)18)10-3-9(7-20)4-11(19)5-10/h3-6,8H,7,18,20H2,1-2H3,(H,22,23). The molecule has 0 atom stereocenters. The quantitative estimate of drug-likeness (QED) is 0.559. The van der Waals surface area contributed by atoms with Gasteiger partial charge in [-0.25, -0.2) is 14.4 Å². The summed E-state index contributed by atoms with van der Waals surface area (Å²) in [6.45, 7) is 0.292. The molecule has 0 aliphatic carbocycles. The van der Waals surface area contributed by atoms with Crippen LogP contribution >= 0.6 is 0 Å². The number of nitrogens with two attached hydrogens (primary N) is 1. The number of H-pyrrole nitrogens is 1. The highest BCUT2D eigenvalue weighted by Gasteiger charge is 2.17. The van der Waals surface area contributed by atoms with Crippen LogP contribution in [0.15, 0.2) is 30.6 Å². The van der Waals surface area contributed by atoms with Gasteiger partial charge in [0, 0.05) is 30.2 Å². The number of rotatable bonds is 3. The monoisotopic (exact) mass is 336 g/mol. The van der Waals surface area contributed by atoms with Gasteiger partial charge in [-0.3, -0.25) is 0 Å². The molecule has 3 aromatic heterocycles. The van der Waals surface area contributed by atoms with E-state index in [-0.39, 0.29) is 5.82 Å². The number of aryl methyl sites for hydroxylation is 1. The molecule has 1 aromatic carbocycles. The molecular weight excluding hydrogens is 318 g/mol. The van der Waals surface area contributed by atoms with Gasteiger partial charge in [0.15, 0.2) is 0 Å². The average Bonchev–Trinajstić information content (AvgIpc) is 3.16. The van der Waals surface area contributed by atoms with Gasteiger partial charge in [-0.05, 0) is 36.9 Å². The summed E-state index contributed by atoms with van der Waals surface area (Å²) in [4.78, 5) is 14.4. The zero-order valence-corrected chi connectivity index (χ0v) is 14.3. The molecule has 126 valence electrons. The second kappa shape index (κ2) is 5.59. The van der Waals surface area contributed by atoms with Crippen LogP contribution in [0.25, 0.3) is 33.3 Å². The number of pyridine rings is 1. The van der Waals surface area contributed by atoms with E-state index in [2.05, 4.69) is 9.97 Å². The van der Waals surface area contributed by atoms with E-state index >= 15 is 0 Å². The Kier molecular flexibility index (Phi) is 3.50. The van der Waals surface area contributed by atoms with Crippen molar-refractivity contribution in [1.29, 1.82) is 0 Å². The lowest BCUT2D eigenvalue weighted by molar-refractivity contribution is 0.626. The van der Waals surface area contributed by atoms with E-state index in [0.29, 0.717) is 6.54 Å². The Morgan fingerprint density at radius 1 is 1.32 bits per heavy atom. The van der Waals surface area contributed by atoms with Crippen molar-refractivity contribution in [3.8, 4) is 11.3 Å². The minimum Gasteiger partial charge on any atom is -0.408 e. The molecule has 0 aliphatic rings. The van der Waals surface area contributed by atoms with E-state index in [0.717, 1.165) is 44.7 Å². The Labute approximate surface area is 144 Å². The number of halogens is 1. The van der Waals surface area contributed by atoms with Gasteiger partial charge in [0.2, 0.25) is 7.98 Å². The van der Waals surface area contributed by atoms with Crippen LogP contribution in [-0.2, 0) is 13.6 Å². The zero-order valence-electron chi connectivity index (χ0n) is 14.3. The van der Waals surface area contributed by atoms with Gasteiger partial charge in [0.25, 0.3) is 0 Å². The number of fused-ring (bicyclic) bond motifs is 3. The first-order valence-electron chi connectivity index (χ1n) is 7.99. The molecule has 0 saturated carbocycles. The van der Waals surface area contributed by atoms with Crippen LogP contribution in [-0.4, -0.2) is 34.5 Å². The van der Waals surface area contributed by atoms with Crippen LogP contribution in [0.1, 0.15) is 5.56 Å². The molecule has 0 saturated heterocycles. The van der Waals surface area contributed by atoms with E-state index < -0.39 is 0 Å². The van der Waals surface area contributed by atoms with Crippen molar-refractivity contribution >= 4 is 35.9 Å². The molecule has 6 nitrogen and oxygen atoms in total. The third kappa shape index (κ3) is 2.46. The smallest absolute Gasteiger partial charge is 0.219 e. The van der Waals surface area contributed by atoms with Crippen molar-refractivity contribution < 1.29 is 4.39 Å². The van der Waals surface area contributed by atoms with Crippen LogP contribution in [0, 0.1) is 5.82 Å². The molecule has 8 heteroatoms. The molecule has 3 heterocycles. The summed E-state index contributed by atoms with van der Waals surface area (Å²) in [6.07, 6.45) is 1.78. The number of imidazole rings is 1. The fourth-order valence-corrected chi connectivity index (χ4v) is 3.17. The highest BCUT2D eigenvalue weighted by atomic mass is 19.1. The van der Waals surface area contributed by atoms with Crippen molar-refractivity contribution in [2.24, 2.45) is 12.8 Å². The van der Waals surface area contributed by atoms with E-state index in [1.54, 1.807) is 6.33 Å². The Balaban J connectivity index is 2.01. The van der Waals surface area contributed by atoms with Gasteiger partial charge >= 0.3 is 0 Å². The summed E-state index contributed by atoms with van der Waals surface area (Å²) in [7, 11) is 5.83. The average molecular weight is 336 g/mol. The van der Waals surface area contributed by atoms with Crippen molar-refractivity contribution in [2.75, 3.05) is 11.9 Å². The number of hydrogen-bond donors (Lipinski definition) is 2. The minimum absolute atomic E-state index is 0.292. The summed E-state index contributed by atoms with van der Waals surface area (Å²) in [5.41, 5.74) is 10.5. The normalized spacial score (nSPS) is 11.5. The predicted octanol–water partition coefficient (Wildman–Crippen LogP) is 1.70. The largest absolute Gasteiger partial charge is 0.408 e. The van der Waals surface area contributed by atoms with Crippen molar-refractivity contribution in [2.45, 2.75) is 6.54 Å². The fourth-order valence-electron chi connectivity index (χ4n) is 3.17. The Morgan fingerprint density at radius 3 is 2.84 bits per heavy atom. The molecule has 4 aromatic rings. The number of nitrogens with one attached hydrogen (secondary N) is 1. The SMILES string of the molecule is BN(C)c1nc2[nH]c(-c3cc(F)cc(CN)c3)cc2c2c1ncn2C. The second-order valence-corrected chi connectivity index (χ2v) is 6.38. The molecule has 0 bridgehead atoms. The second-order valence-electron chi connectivity index (χ2n) is 6.38. The van der Waals surface area contributed by atoms with Gasteiger partial charge in [-0.2, -0.15) is 0 Å². The van der Waals surface area contributed by atoms with Gasteiger partial charge < -0.3 is 20.1 Å². The van der Waals surface area contributed by atoms with Gasteiger partial charge in [-0.1, -0.05) is 0 Å². The van der Waals surface area contributed by atoms with Crippen molar-refractivity contribution in [3.63, 3.8) is 0 Å². The number of nitrogens with zero attached hydrogens (tertiary/aromatic N) is 4. The third-order valence-corrected chi connectivity index (χ3v) is 4.35. The topological polar surface area (TPSA) is 75.8 Å². The first-order valence-corrected chi connectivity index (χ1v) is 7.99. The lowest BCUT2D eigenvalue weighted by Crippen LogP contribution is -2.13. The molecule has 0 amide bonds. The van der Waals surface area contributed by atoms with Gasteiger partial charge in [-0.15, -0.1) is 0 Å². The number of aromatic nitrogens is 4. The Bertz CT molecular complexity index is 1100. The number of anilines is 1. The maximum absolute atomic E-state index is 13.9. The molecule has 0 radical (unpaired) electrons. The van der Waals surface area contributed by atoms with Crippen LogP contribution in [0.3, 0.4) is 0 Å². The predicted molar refractivity (Wildman–Crippen MR) is 101 cm³/mol. The van der Waals surface area contributed by atoms with Crippen molar-refractivity contribution in [3.05, 3.63) is 42.0 Å². The van der Waals surface area contributed by atoms with Crippen molar-refractivity contribution in [1.82, 2.24) is 19.5 Å². The van der Waals surface area contributed by atoms with Gasteiger partial charge in [0.1, 0.15) is 22.8 Å². The number of benzene rings is 1. The van der Waals surface area contributed by atoms with E-state index in [1.807, 2.05) is 43.6 Å². The Morgan fingerprint density at radius 2 is 2.12 bits per heavy atom. The molecule has 25 heavy (non-hydrogen) atoms. The number of aromatic amines is 1. The molecule has 0 spiro atoms. The summed E-state index contributed by atoms with van der Waals surface area (Å²) in [5.74, 6) is 0.489. The summed E-state index contributed by atoms with van der Waals surface area (Å²) in [5, 5.41) is 0.953. The molecule has 0 aliphatic heterocycles. The Hall–Kier alpha value is -2.87. The van der Waals surface area contributed by atoms with Crippen LogP contribution in [0.5, 0.6) is 0 Å². The highest BCUT2D eigenvalue weighted by Crippen LogP contribution is 2.32.